The first-order chi connectivity index (χ1) is 4.59. The standard InChI is InChI=1S/C6H8F3N/c7-6(8,9)5-4-1-3(4)2-10-5/h3-5,10H,1-2H2/t3-,4+,5+/m0/s1. The second-order valence-corrected chi connectivity index (χ2v) is 3.09. The van der Waals surface area contributed by atoms with Gasteiger partial charge >= 0.3 is 6.18 Å². The van der Waals surface area contributed by atoms with Gasteiger partial charge in [0.1, 0.15) is 6.04 Å². The third-order valence-corrected chi connectivity index (χ3v) is 2.36. The fourth-order valence-corrected chi connectivity index (χ4v) is 1.70. The zero-order valence-electron chi connectivity index (χ0n) is 5.28. The molecule has 0 amide bonds. The molecule has 2 fully saturated rings. The van der Waals surface area contributed by atoms with Gasteiger partial charge in [-0.15, -0.1) is 0 Å². The predicted molar refractivity (Wildman–Crippen MR) is 29.4 cm³/mol. The van der Waals surface area contributed by atoms with Crippen LogP contribution in [0.3, 0.4) is 0 Å². The van der Waals surface area contributed by atoms with E-state index in [4.69, 9.17) is 0 Å². The van der Waals surface area contributed by atoms with Crippen LogP contribution in [0.2, 0.25) is 0 Å². The second-order valence-electron chi connectivity index (χ2n) is 3.09. The summed E-state index contributed by atoms with van der Waals surface area (Å²) in [7, 11) is 0. The number of halogens is 3. The second kappa shape index (κ2) is 1.67. The molecule has 0 bridgehead atoms. The average Bonchev–Trinajstić information content (AvgIpc) is 2.40. The van der Waals surface area contributed by atoms with Crippen molar-refractivity contribution in [2.45, 2.75) is 18.6 Å². The lowest BCUT2D eigenvalue weighted by molar-refractivity contribution is -0.156. The summed E-state index contributed by atoms with van der Waals surface area (Å²) in [4.78, 5) is 0. The largest absolute Gasteiger partial charge is 0.404 e. The van der Waals surface area contributed by atoms with Crippen molar-refractivity contribution in [2.75, 3.05) is 6.54 Å². The molecule has 4 heteroatoms. The van der Waals surface area contributed by atoms with E-state index in [2.05, 4.69) is 5.32 Å². The topological polar surface area (TPSA) is 12.0 Å². The highest BCUT2D eigenvalue weighted by Crippen LogP contribution is 2.49. The summed E-state index contributed by atoms with van der Waals surface area (Å²) < 4.78 is 35.9. The van der Waals surface area contributed by atoms with E-state index in [1.807, 2.05) is 0 Å². The first-order valence-corrected chi connectivity index (χ1v) is 3.39. The van der Waals surface area contributed by atoms with Gasteiger partial charge in [-0.05, 0) is 24.8 Å². The van der Waals surface area contributed by atoms with Gasteiger partial charge in [-0.1, -0.05) is 0 Å². The van der Waals surface area contributed by atoms with Gasteiger partial charge in [0, 0.05) is 0 Å². The summed E-state index contributed by atoms with van der Waals surface area (Å²) in [5.74, 6) is 0.228. The molecule has 2 rings (SSSR count). The SMILES string of the molecule is FC(F)(F)[C@@H]1NC[C@@H]2C[C@H]21. The van der Waals surface area contributed by atoms with Crippen molar-refractivity contribution in [3.8, 4) is 0 Å². The maximum absolute atomic E-state index is 12.0. The average molecular weight is 151 g/mol. The van der Waals surface area contributed by atoms with Gasteiger partial charge in [0.15, 0.2) is 0 Å². The van der Waals surface area contributed by atoms with Gasteiger partial charge in [0.25, 0.3) is 0 Å². The van der Waals surface area contributed by atoms with Crippen LogP contribution in [0.4, 0.5) is 13.2 Å². The molecule has 3 atom stereocenters. The summed E-state index contributed by atoms with van der Waals surface area (Å²) in [6.07, 6.45) is -3.24. The molecule has 0 spiro atoms. The summed E-state index contributed by atoms with van der Waals surface area (Å²) >= 11 is 0. The van der Waals surface area contributed by atoms with Crippen LogP contribution in [0.25, 0.3) is 0 Å². The van der Waals surface area contributed by atoms with Gasteiger partial charge in [0.05, 0.1) is 0 Å². The minimum absolute atomic E-state index is 0.0972. The molecule has 1 aliphatic heterocycles. The van der Waals surface area contributed by atoms with Crippen molar-refractivity contribution < 1.29 is 13.2 Å². The highest BCUT2D eigenvalue weighted by Gasteiger charge is 2.58. The number of hydrogen-bond acceptors (Lipinski definition) is 1. The van der Waals surface area contributed by atoms with Crippen molar-refractivity contribution in [2.24, 2.45) is 11.8 Å². The van der Waals surface area contributed by atoms with Crippen LogP contribution in [0, 0.1) is 11.8 Å². The van der Waals surface area contributed by atoms with Gasteiger partial charge in [-0.25, -0.2) is 0 Å². The molecule has 1 saturated carbocycles. The Balaban J connectivity index is 2.05. The molecule has 1 aliphatic carbocycles. The summed E-state index contributed by atoms with van der Waals surface area (Å²) in [5.41, 5.74) is 0. The molecule has 1 saturated heterocycles. The lowest BCUT2D eigenvalue weighted by Crippen LogP contribution is -2.40. The summed E-state index contributed by atoms with van der Waals surface area (Å²) in [6, 6.07) is -1.20. The number of hydrogen-bond donors (Lipinski definition) is 1. The fourth-order valence-electron chi connectivity index (χ4n) is 1.70. The van der Waals surface area contributed by atoms with Crippen molar-refractivity contribution in [3.05, 3.63) is 0 Å². The van der Waals surface area contributed by atoms with E-state index in [1.54, 1.807) is 0 Å². The zero-order valence-corrected chi connectivity index (χ0v) is 5.28. The third kappa shape index (κ3) is 0.820. The molecule has 58 valence electrons. The highest BCUT2D eigenvalue weighted by molar-refractivity contribution is 5.04. The minimum Gasteiger partial charge on any atom is -0.306 e. The van der Waals surface area contributed by atoms with Crippen LogP contribution in [-0.4, -0.2) is 18.8 Å². The molecule has 0 aromatic carbocycles. The Morgan fingerprint density at radius 3 is 2.20 bits per heavy atom. The van der Waals surface area contributed by atoms with Gasteiger partial charge < -0.3 is 5.32 Å². The summed E-state index contributed by atoms with van der Waals surface area (Å²) in [5, 5.41) is 2.47. The van der Waals surface area contributed by atoms with Crippen molar-refractivity contribution in [1.82, 2.24) is 5.32 Å². The molecule has 1 N–H and O–H groups in total. The van der Waals surface area contributed by atoms with E-state index in [-0.39, 0.29) is 5.92 Å². The third-order valence-electron chi connectivity index (χ3n) is 2.36. The Kier molecular flexibility index (Phi) is 1.08. The highest BCUT2D eigenvalue weighted by atomic mass is 19.4. The van der Waals surface area contributed by atoms with Crippen molar-refractivity contribution >= 4 is 0 Å². The monoisotopic (exact) mass is 151 g/mol. The first kappa shape index (κ1) is 6.46. The van der Waals surface area contributed by atoms with E-state index < -0.39 is 12.2 Å². The van der Waals surface area contributed by atoms with Crippen LogP contribution < -0.4 is 5.32 Å². The summed E-state index contributed by atoms with van der Waals surface area (Å²) in [6.45, 7) is 0.564. The van der Waals surface area contributed by atoms with Crippen molar-refractivity contribution in [1.29, 1.82) is 0 Å². The van der Waals surface area contributed by atoms with Crippen LogP contribution >= 0.6 is 0 Å². The Bertz CT molecular complexity index is 154. The lowest BCUT2D eigenvalue weighted by atomic mass is 10.2. The smallest absolute Gasteiger partial charge is 0.306 e. The Hall–Kier alpha value is -0.250. The van der Waals surface area contributed by atoms with Gasteiger partial charge in [-0.3, -0.25) is 0 Å². The molecular formula is C6H8F3N. The molecular weight excluding hydrogens is 143 g/mol. The molecule has 0 radical (unpaired) electrons. The van der Waals surface area contributed by atoms with E-state index in [0.29, 0.717) is 12.5 Å². The van der Waals surface area contributed by atoms with Crippen LogP contribution in [0.15, 0.2) is 0 Å². The van der Waals surface area contributed by atoms with E-state index in [0.717, 1.165) is 6.42 Å². The first-order valence-electron chi connectivity index (χ1n) is 3.39. The molecule has 0 aromatic rings. The van der Waals surface area contributed by atoms with Gasteiger partial charge in [0.2, 0.25) is 0 Å². The minimum atomic E-state index is -4.02. The lowest BCUT2D eigenvalue weighted by Gasteiger charge is -2.16. The molecule has 2 aliphatic rings. The number of fused-ring (bicyclic) bond motifs is 1. The maximum Gasteiger partial charge on any atom is 0.404 e. The Labute approximate surface area is 56.6 Å². The molecule has 0 aromatic heterocycles. The fraction of sp³-hybridized carbons (Fsp3) is 1.00. The molecule has 1 heterocycles. The number of rotatable bonds is 0. The normalized spacial score (nSPS) is 45.3. The van der Waals surface area contributed by atoms with Crippen molar-refractivity contribution in [3.63, 3.8) is 0 Å². The molecule has 1 nitrogen and oxygen atoms in total. The molecule has 0 unspecified atom stereocenters. The Morgan fingerprint density at radius 2 is 2.00 bits per heavy atom. The van der Waals surface area contributed by atoms with Gasteiger partial charge in [-0.2, -0.15) is 13.2 Å². The number of alkyl halides is 3. The maximum atomic E-state index is 12.0. The van der Waals surface area contributed by atoms with Crippen LogP contribution in [0.1, 0.15) is 6.42 Å². The van der Waals surface area contributed by atoms with E-state index in [9.17, 15) is 13.2 Å². The van der Waals surface area contributed by atoms with Crippen LogP contribution in [-0.2, 0) is 0 Å². The van der Waals surface area contributed by atoms with E-state index in [1.165, 1.54) is 0 Å². The molecule has 10 heavy (non-hydrogen) atoms. The van der Waals surface area contributed by atoms with E-state index >= 15 is 0 Å². The number of nitrogens with one attached hydrogen (secondary N) is 1. The quantitative estimate of drug-likeness (QED) is 0.547. The zero-order chi connectivity index (χ0) is 7.35. The Morgan fingerprint density at radius 1 is 1.30 bits per heavy atom. The van der Waals surface area contributed by atoms with Crippen LogP contribution in [0.5, 0.6) is 0 Å². The number of piperidine rings is 1. The predicted octanol–water partition coefficient (Wildman–Crippen LogP) is 1.16.